The van der Waals surface area contributed by atoms with Crippen molar-refractivity contribution in [3.05, 3.63) is 84.4 Å². The van der Waals surface area contributed by atoms with E-state index in [0.717, 1.165) is 22.0 Å². The molecule has 25 heavy (non-hydrogen) atoms. The summed E-state index contributed by atoms with van der Waals surface area (Å²) in [5, 5.41) is 3.91. The molecule has 1 aromatic carbocycles. The van der Waals surface area contributed by atoms with Crippen LogP contribution in [0.5, 0.6) is 0 Å². The van der Waals surface area contributed by atoms with Crippen LogP contribution in [0.15, 0.2) is 78.0 Å². The molecule has 0 unspecified atom stereocenters. The van der Waals surface area contributed by atoms with Gasteiger partial charge >= 0.3 is 0 Å². The highest BCUT2D eigenvalue weighted by molar-refractivity contribution is 7.80. The molecule has 0 radical (unpaired) electrons. The normalized spacial score (nSPS) is 10.3. The molecular weight excluding hydrogens is 348 g/mol. The fourth-order valence-electron chi connectivity index (χ4n) is 2.32. The van der Waals surface area contributed by atoms with Gasteiger partial charge in [-0.2, -0.15) is 0 Å². The smallest absolute Gasteiger partial charge is 0.174 e. The van der Waals surface area contributed by atoms with Crippen LogP contribution in [0.25, 0.3) is 0 Å². The fraction of sp³-hybridized carbons (Fsp3) is 0.105. The third-order valence-corrected chi connectivity index (χ3v) is 4.22. The van der Waals surface area contributed by atoms with E-state index in [9.17, 15) is 0 Å². The van der Waals surface area contributed by atoms with Crippen molar-refractivity contribution in [2.24, 2.45) is 0 Å². The molecule has 0 spiro atoms. The molecular formula is C19H18N4S2. The van der Waals surface area contributed by atoms with Crippen molar-refractivity contribution in [2.75, 3.05) is 5.32 Å². The molecule has 3 aromatic rings. The van der Waals surface area contributed by atoms with Gasteiger partial charge in [0.15, 0.2) is 5.11 Å². The van der Waals surface area contributed by atoms with Gasteiger partial charge in [0, 0.05) is 23.0 Å². The summed E-state index contributed by atoms with van der Waals surface area (Å²) in [7, 11) is 0. The number of nitrogens with one attached hydrogen (secondary N) is 1. The summed E-state index contributed by atoms with van der Waals surface area (Å²) in [5.74, 6) is 0. The van der Waals surface area contributed by atoms with E-state index in [-0.39, 0.29) is 0 Å². The number of hydrogen-bond donors (Lipinski definition) is 2. The summed E-state index contributed by atoms with van der Waals surface area (Å²) in [6, 6.07) is 19.5. The number of thiocarbonyl (C=S) groups is 1. The predicted octanol–water partition coefficient (Wildman–Crippen LogP) is 4.16. The van der Waals surface area contributed by atoms with Gasteiger partial charge < -0.3 is 10.2 Å². The number of anilines is 1. The van der Waals surface area contributed by atoms with E-state index in [1.165, 1.54) is 0 Å². The predicted molar refractivity (Wildman–Crippen MR) is 108 cm³/mol. The first-order valence-corrected chi connectivity index (χ1v) is 8.71. The van der Waals surface area contributed by atoms with Gasteiger partial charge in [-0.15, -0.1) is 12.6 Å². The van der Waals surface area contributed by atoms with E-state index < -0.39 is 0 Å². The second-order valence-corrected chi connectivity index (χ2v) is 6.38. The number of pyridine rings is 2. The van der Waals surface area contributed by atoms with E-state index in [4.69, 9.17) is 12.2 Å². The van der Waals surface area contributed by atoms with Crippen molar-refractivity contribution in [3.8, 4) is 0 Å². The van der Waals surface area contributed by atoms with Gasteiger partial charge in [-0.1, -0.05) is 12.1 Å². The summed E-state index contributed by atoms with van der Waals surface area (Å²) < 4.78 is 0. The molecule has 1 N–H and O–H groups in total. The highest BCUT2D eigenvalue weighted by Gasteiger charge is 2.13. The number of rotatable bonds is 5. The van der Waals surface area contributed by atoms with Crippen LogP contribution >= 0.6 is 24.8 Å². The molecule has 0 bridgehead atoms. The van der Waals surface area contributed by atoms with Crippen molar-refractivity contribution < 1.29 is 0 Å². The summed E-state index contributed by atoms with van der Waals surface area (Å²) >= 11 is 9.94. The lowest BCUT2D eigenvalue weighted by Gasteiger charge is -2.25. The SMILES string of the molecule is S=C(Nc1ccc(S)cc1)N(Cc1ccccn1)Cc1ccccn1. The summed E-state index contributed by atoms with van der Waals surface area (Å²) in [5.41, 5.74) is 2.83. The summed E-state index contributed by atoms with van der Waals surface area (Å²) in [6.07, 6.45) is 3.58. The first-order valence-electron chi connectivity index (χ1n) is 7.85. The quantitative estimate of drug-likeness (QED) is 0.524. The minimum Gasteiger partial charge on any atom is -0.337 e. The molecule has 2 aromatic heterocycles. The van der Waals surface area contributed by atoms with Crippen LogP contribution in [0.4, 0.5) is 5.69 Å². The van der Waals surface area contributed by atoms with Crippen LogP contribution in [0.1, 0.15) is 11.4 Å². The minimum absolute atomic E-state index is 0.605. The second-order valence-electron chi connectivity index (χ2n) is 5.48. The summed E-state index contributed by atoms with van der Waals surface area (Å²) in [4.78, 5) is 11.8. The molecule has 0 atom stereocenters. The van der Waals surface area contributed by atoms with Crippen molar-refractivity contribution in [1.82, 2.24) is 14.9 Å². The Balaban J connectivity index is 1.76. The van der Waals surface area contributed by atoms with Crippen molar-refractivity contribution >= 4 is 35.6 Å². The van der Waals surface area contributed by atoms with Crippen molar-refractivity contribution in [1.29, 1.82) is 0 Å². The van der Waals surface area contributed by atoms with E-state index in [1.54, 1.807) is 12.4 Å². The van der Waals surface area contributed by atoms with Gasteiger partial charge in [-0.05, 0) is 60.7 Å². The van der Waals surface area contributed by atoms with E-state index in [0.29, 0.717) is 18.2 Å². The molecule has 0 aliphatic carbocycles. The summed E-state index contributed by atoms with van der Waals surface area (Å²) in [6.45, 7) is 1.21. The van der Waals surface area contributed by atoms with Crippen LogP contribution in [0.3, 0.4) is 0 Å². The zero-order valence-corrected chi connectivity index (χ0v) is 15.3. The number of thiol groups is 1. The molecule has 0 saturated carbocycles. The van der Waals surface area contributed by atoms with Gasteiger partial charge in [0.1, 0.15) is 0 Å². The minimum atomic E-state index is 0.605. The van der Waals surface area contributed by atoms with Crippen LogP contribution in [0, 0.1) is 0 Å². The lowest BCUT2D eigenvalue weighted by atomic mass is 10.3. The third kappa shape index (κ3) is 5.27. The Morgan fingerprint density at radius 2 is 1.44 bits per heavy atom. The molecule has 0 saturated heterocycles. The Morgan fingerprint density at radius 3 is 1.92 bits per heavy atom. The molecule has 3 rings (SSSR count). The standard InChI is InChI=1S/C19H18N4S2/c24-18-9-7-15(8-10-18)22-19(25)23(13-16-5-1-3-11-20-16)14-17-6-2-4-12-21-17/h1-12,24H,13-14H2,(H,22,25). The van der Waals surface area contributed by atoms with Crippen molar-refractivity contribution in [2.45, 2.75) is 18.0 Å². The largest absolute Gasteiger partial charge is 0.337 e. The highest BCUT2D eigenvalue weighted by Crippen LogP contribution is 2.14. The Bertz CT molecular complexity index is 766. The van der Waals surface area contributed by atoms with Crippen LogP contribution in [-0.2, 0) is 13.1 Å². The first kappa shape index (κ1) is 17.4. The molecule has 0 aliphatic rings. The van der Waals surface area contributed by atoms with Gasteiger partial charge in [-0.3, -0.25) is 9.97 Å². The fourth-order valence-corrected chi connectivity index (χ4v) is 2.72. The third-order valence-electron chi connectivity index (χ3n) is 3.56. The Morgan fingerprint density at radius 1 is 0.880 bits per heavy atom. The molecule has 126 valence electrons. The number of nitrogens with zero attached hydrogens (tertiary/aromatic N) is 3. The van der Waals surface area contributed by atoms with E-state index >= 15 is 0 Å². The average molecular weight is 367 g/mol. The number of aromatic nitrogens is 2. The maximum absolute atomic E-state index is 5.63. The second kappa shape index (κ2) is 8.60. The molecule has 0 fully saturated rings. The lowest BCUT2D eigenvalue weighted by Crippen LogP contribution is -2.34. The van der Waals surface area contributed by atoms with E-state index in [1.807, 2.05) is 60.7 Å². The molecule has 4 nitrogen and oxygen atoms in total. The topological polar surface area (TPSA) is 41.0 Å². The molecule has 6 heteroatoms. The molecule has 0 aliphatic heterocycles. The monoisotopic (exact) mass is 366 g/mol. The number of benzene rings is 1. The Kier molecular flexibility index (Phi) is 5.98. The zero-order chi connectivity index (χ0) is 17.5. The average Bonchev–Trinajstić information content (AvgIpc) is 2.65. The van der Waals surface area contributed by atoms with Gasteiger partial charge in [0.25, 0.3) is 0 Å². The van der Waals surface area contributed by atoms with Gasteiger partial charge in [0.2, 0.25) is 0 Å². The van der Waals surface area contributed by atoms with Crippen molar-refractivity contribution in [3.63, 3.8) is 0 Å². The van der Waals surface area contributed by atoms with Crippen LogP contribution in [-0.4, -0.2) is 20.0 Å². The van der Waals surface area contributed by atoms with E-state index in [2.05, 4.69) is 32.8 Å². The van der Waals surface area contributed by atoms with Crippen LogP contribution < -0.4 is 5.32 Å². The van der Waals surface area contributed by atoms with Crippen LogP contribution in [0.2, 0.25) is 0 Å². The zero-order valence-electron chi connectivity index (χ0n) is 13.5. The first-order chi connectivity index (χ1) is 12.2. The number of hydrogen-bond acceptors (Lipinski definition) is 4. The highest BCUT2D eigenvalue weighted by atomic mass is 32.1. The maximum Gasteiger partial charge on any atom is 0.174 e. The van der Waals surface area contributed by atoms with Gasteiger partial charge in [0.05, 0.1) is 24.5 Å². The Labute approximate surface area is 158 Å². The molecule has 2 heterocycles. The lowest BCUT2D eigenvalue weighted by molar-refractivity contribution is 0.402. The Hall–Kier alpha value is -2.44. The molecule has 0 amide bonds. The van der Waals surface area contributed by atoms with Gasteiger partial charge in [-0.25, -0.2) is 0 Å². The maximum atomic E-state index is 5.63.